The number of rotatable bonds is 16. The minimum absolute atomic E-state index is 0.0121. The fraction of sp³-hybridized carbons (Fsp3) is 0.774. The van der Waals surface area contributed by atoms with Crippen LogP contribution in [0.4, 0.5) is 4.79 Å². The summed E-state index contributed by atoms with van der Waals surface area (Å²) in [6.07, 6.45) is 2.18. The molecule has 1 spiro atoms. The van der Waals surface area contributed by atoms with Crippen molar-refractivity contribution in [1.82, 2.24) is 10.6 Å². The summed E-state index contributed by atoms with van der Waals surface area (Å²) in [6, 6.07) is -1.01. The van der Waals surface area contributed by atoms with Crippen molar-refractivity contribution >= 4 is 41.4 Å². The van der Waals surface area contributed by atoms with E-state index in [1.165, 1.54) is 5.57 Å². The molecule has 2 heterocycles. The van der Waals surface area contributed by atoms with Crippen LogP contribution < -0.4 is 10.6 Å². The fourth-order valence-electron chi connectivity index (χ4n) is 5.86. The number of hydrogen-bond acceptors (Lipinski definition) is 11. The summed E-state index contributed by atoms with van der Waals surface area (Å²) in [5, 5.41) is 4.82. The van der Waals surface area contributed by atoms with Gasteiger partial charge in [-0.1, -0.05) is 25.5 Å². The second-order valence-electron chi connectivity index (χ2n) is 12.4. The van der Waals surface area contributed by atoms with Crippen LogP contribution >= 0.6 is 11.8 Å². The highest BCUT2D eigenvalue weighted by atomic mass is 32.2. The van der Waals surface area contributed by atoms with Crippen molar-refractivity contribution in [3.63, 3.8) is 0 Å². The van der Waals surface area contributed by atoms with Gasteiger partial charge < -0.3 is 29.0 Å². The van der Waals surface area contributed by atoms with E-state index in [0.29, 0.717) is 19.4 Å². The van der Waals surface area contributed by atoms with Gasteiger partial charge >= 0.3 is 12.1 Å². The molecule has 44 heavy (non-hydrogen) atoms. The number of imide groups is 1. The maximum absolute atomic E-state index is 12.7. The van der Waals surface area contributed by atoms with Crippen LogP contribution in [0.1, 0.15) is 73.6 Å². The van der Waals surface area contributed by atoms with Crippen LogP contribution in [0, 0.1) is 11.8 Å². The van der Waals surface area contributed by atoms with Gasteiger partial charge in [-0.15, -0.1) is 11.8 Å². The molecule has 0 aromatic heterocycles. The highest BCUT2D eigenvalue weighted by Crippen LogP contribution is 2.59. The molecule has 13 heteroatoms. The third-order valence-corrected chi connectivity index (χ3v) is 9.44. The van der Waals surface area contributed by atoms with E-state index in [9.17, 15) is 24.0 Å². The van der Waals surface area contributed by atoms with Gasteiger partial charge in [0, 0.05) is 31.6 Å². The first-order valence-electron chi connectivity index (χ1n) is 15.3. The summed E-state index contributed by atoms with van der Waals surface area (Å²) < 4.78 is 28.7. The third kappa shape index (κ3) is 9.51. The van der Waals surface area contributed by atoms with Gasteiger partial charge in [0.25, 0.3) is 0 Å². The van der Waals surface area contributed by atoms with Gasteiger partial charge in [-0.25, -0.2) is 9.59 Å². The van der Waals surface area contributed by atoms with E-state index < -0.39 is 47.7 Å². The van der Waals surface area contributed by atoms with Gasteiger partial charge in [0.2, 0.25) is 11.8 Å². The first-order valence-corrected chi connectivity index (χ1v) is 16.5. The number of methoxy groups -OCH3 is 1. The number of allylic oxidation sites excluding steroid dienone is 1. The minimum atomic E-state index is -1.01. The average Bonchev–Trinajstić information content (AvgIpc) is 3.87. The zero-order valence-corrected chi connectivity index (χ0v) is 27.7. The number of alkyl carbamates (subject to hydrolysis) is 1. The van der Waals surface area contributed by atoms with Crippen molar-refractivity contribution in [2.45, 2.75) is 109 Å². The largest absolute Gasteiger partial charge is 0.464 e. The van der Waals surface area contributed by atoms with Crippen LogP contribution in [0.25, 0.3) is 0 Å². The van der Waals surface area contributed by atoms with Gasteiger partial charge in [-0.3, -0.25) is 19.7 Å². The number of thioether (sulfide) groups is 1. The Morgan fingerprint density at radius 3 is 2.41 bits per heavy atom. The van der Waals surface area contributed by atoms with Crippen LogP contribution in [0.3, 0.4) is 0 Å². The Balaban J connectivity index is 1.50. The van der Waals surface area contributed by atoms with E-state index in [4.69, 9.17) is 23.7 Å². The molecule has 3 aliphatic rings. The molecule has 3 amide bonds. The molecule has 0 radical (unpaired) electrons. The number of ether oxygens (including phenoxy) is 5. The molecular weight excluding hydrogens is 592 g/mol. The molecule has 2 aliphatic heterocycles. The summed E-state index contributed by atoms with van der Waals surface area (Å²) in [4.78, 5) is 61.8. The summed E-state index contributed by atoms with van der Waals surface area (Å²) in [6.45, 7) is 12.0. The smallest absolute Gasteiger partial charge is 0.414 e. The number of carbonyl (C=O) groups excluding carboxylic acids is 5. The van der Waals surface area contributed by atoms with Gasteiger partial charge in [-0.2, -0.15) is 0 Å². The minimum Gasteiger partial charge on any atom is -0.464 e. The Morgan fingerprint density at radius 2 is 1.82 bits per heavy atom. The topological polar surface area (TPSA) is 162 Å². The van der Waals surface area contributed by atoms with E-state index in [0.717, 1.165) is 18.2 Å². The predicted octanol–water partition coefficient (Wildman–Crippen LogP) is 3.10. The lowest BCUT2D eigenvalue weighted by atomic mass is 9.68. The van der Waals surface area contributed by atoms with Gasteiger partial charge in [0.1, 0.15) is 35.2 Å². The molecule has 248 valence electrons. The average molecular weight is 641 g/mol. The lowest BCUT2D eigenvalue weighted by Crippen LogP contribution is -2.56. The van der Waals surface area contributed by atoms with Gasteiger partial charge in [-0.05, 0) is 47.0 Å². The number of esters is 1. The third-order valence-electron chi connectivity index (χ3n) is 8.40. The molecule has 1 aliphatic carbocycles. The van der Waals surface area contributed by atoms with Crippen molar-refractivity contribution in [2.24, 2.45) is 11.8 Å². The van der Waals surface area contributed by atoms with Crippen molar-refractivity contribution in [1.29, 1.82) is 0 Å². The van der Waals surface area contributed by atoms with E-state index in [1.807, 2.05) is 13.8 Å². The van der Waals surface area contributed by atoms with Crippen molar-refractivity contribution in [3.8, 4) is 0 Å². The molecule has 0 aromatic carbocycles. The Labute approximate surface area is 264 Å². The van der Waals surface area contributed by atoms with E-state index in [1.54, 1.807) is 27.9 Å². The fourth-order valence-corrected chi connectivity index (χ4v) is 6.69. The first-order chi connectivity index (χ1) is 20.8. The standard InChI is InChI=1S/C31H48N2O10S/c1-8-40-28(37)20(32-24(35)12-10-21(34)19(4)5)15-44-16-25(36)33-29(38)42-22-13-14-31(17-41-31)27(26(22)39-7)30(6)23(43-30)11-9-18(2)3/h9,19-20,22-23,26-27H,8,10-17H2,1-7H3,(H,32,35)(H,33,36,38)/t20-,22-,23-,26-,27-,30?,31+/m1/s1. The van der Waals surface area contributed by atoms with Gasteiger partial charge in [0.15, 0.2) is 0 Å². The van der Waals surface area contributed by atoms with Crippen LogP contribution in [-0.4, -0.2) is 97.0 Å². The molecule has 1 saturated carbocycles. The van der Waals surface area contributed by atoms with E-state index in [2.05, 4.69) is 23.6 Å². The highest BCUT2D eigenvalue weighted by molar-refractivity contribution is 8.00. The van der Waals surface area contributed by atoms with Crippen LogP contribution in [0.5, 0.6) is 0 Å². The first kappa shape index (κ1) is 36.0. The normalized spacial score (nSPS) is 29.4. The van der Waals surface area contributed by atoms with E-state index in [-0.39, 0.29) is 60.3 Å². The SMILES string of the molecule is CCOC(=O)[C@@H](CSCC(=O)NC(=O)O[C@@H]1CC[C@]2(CO2)[C@@H](C2(C)O[C@@H]2CC=C(C)C)[C@@H]1OC)NC(=O)CCC(=O)C(C)C. The van der Waals surface area contributed by atoms with Crippen molar-refractivity contribution < 1.29 is 47.7 Å². The molecule has 2 N–H and O–H groups in total. The van der Waals surface area contributed by atoms with Crippen molar-refractivity contribution in [3.05, 3.63) is 11.6 Å². The number of hydrogen-bond donors (Lipinski definition) is 2. The Bertz CT molecular complexity index is 1100. The molecule has 0 bridgehead atoms. The van der Waals surface area contributed by atoms with Crippen LogP contribution in [-0.2, 0) is 42.9 Å². The lowest BCUT2D eigenvalue weighted by Gasteiger charge is -2.42. The number of amides is 3. The number of Topliss-reactive ketones (excluding diaryl/α,β-unsaturated/α-hetero) is 1. The number of carbonyl (C=O) groups is 5. The zero-order chi connectivity index (χ0) is 32.7. The number of ketones is 1. The van der Waals surface area contributed by atoms with Gasteiger partial charge in [0.05, 0.1) is 31.0 Å². The van der Waals surface area contributed by atoms with Crippen LogP contribution in [0.2, 0.25) is 0 Å². The molecular formula is C31H48N2O10S. The quantitative estimate of drug-likeness (QED) is 0.145. The van der Waals surface area contributed by atoms with Crippen LogP contribution in [0.15, 0.2) is 11.6 Å². The highest BCUT2D eigenvalue weighted by Gasteiger charge is 2.72. The molecule has 1 unspecified atom stereocenters. The Hall–Kier alpha value is -2.48. The summed E-state index contributed by atoms with van der Waals surface area (Å²) in [5.41, 5.74) is 0.360. The number of nitrogens with one attached hydrogen (secondary N) is 2. The molecule has 2 saturated heterocycles. The molecule has 3 fully saturated rings. The van der Waals surface area contributed by atoms with Crippen molar-refractivity contribution in [2.75, 3.05) is 31.8 Å². The zero-order valence-electron chi connectivity index (χ0n) is 26.9. The second kappa shape index (κ2) is 15.7. The Kier molecular flexibility index (Phi) is 12.8. The molecule has 12 nitrogen and oxygen atoms in total. The maximum Gasteiger partial charge on any atom is 0.414 e. The molecule has 7 atom stereocenters. The summed E-state index contributed by atoms with van der Waals surface area (Å²) >= 11 is 1.05. The lowest BCUT2D eigenvalue weighted by molar-refractivity contribution is -0.146. The number of epoxide rings is 2. The second-order valence-corrected chi connectivity index (χ2v) is 13.4. The van der Waals surface area contributed by atoms with E-state index >= 15 is 0 Å². The summed E-state index contributed by atoms with van der Waals surface area (Å²) in [5.74, 6) is -2.23. The monoisotopic (exact) mass is 640 g/mol. The predicted molar refractivity (Wildman–Crippen MR) is 163 cm³/mol. The maximum atomic E-state index is 12.7. The Morgan fingerprint density at radius 1 is 1.11 bits per heavy atom. The molecule has 0 aromatic rings. The molecule has 3 rings (SSSR count). The summed E-state index contributed by atoms with van der Waals surface area (Å²) in [7, 11) is 1.58.